The van der Waals surface area contributed by atoms with Gasteiger partial charge in [-0.2, -0.15) is 0 Å². The Kier molecular flexibility index (Phi) is 4.27. The van der Waals surface area contributed by atoms with Gasteiger partial charge in [0.05, 0.1) is 0 Å². The highest BCUT2D eigenvalue weighted by Gasteiger charge is 2.28. The number of rotatable bonds is 5. The van der Waals surface area contributed by atoms with Gasteiger partial charge in [-0.3, -0.25) is 11.3 Å². The molecule has 1 aromatic carbocycles. The van der Waals surface area contributed by atoms with Crippen LogP contribution < -0.4 is 11.3 Å². The minimum atomic E-state index is 0.442. The first-order chi connectivity index (χ1) is 7.85. The molecule has 0 amide bonds. The Morgan fingerprint density at radius 2 is 2.31 bits per heavy atom. The molecule has 0 bridgehead atoms. The predicted molar refractivity (Wildman–Crippen MR) is 70.4 cm³/mol. The minimum absolute atomic E-state index is 0.442. The number of hydrazine groups is 1. The zero-order valence-electron chi connectivity index (χ0n) is 9.78. The van der Waals surface area contributed by atoms with Gasteiger partial charge in [0, 0.05) is 16.2 Å². The molecule has 3 N–H and O–H groups in total. The lowest BCUT2D eigenvalue weighted by Gasteiger charge is -2.21. The Morgan fingerprint density at radius 3 is 3.00 bits per heavy atom. The van der Waals surface area contributed by atoms with Gasteiger partial charge in [-0.15, -0.1) is 11.8 Å². The van der Waals surface area contributed by atoms with Crippen LogP contribution in [-0.4, -0.2) is 11.3 Å². The highest BCUT2D eigenvalue weighted by molar-refractivity contribution is 8.00. The Hall–Kier alpha value is -0.510. The van der Waals surface area contributed by atoms with E-state index in [1.54, 1.807) is 0 Å². The van der Waals surface area contributed by atoms with E-state index in [1.165, 1.54) is 29.7 Å². The number of hydrogen-bond donors (Lipinski definition) is 2. The topological polar surface area (TPSA) is 38.0 Å². The van der Waals surface area contributed by atoms with Crippen LogP contribution in [-0.2, 0) is 6.42 Å². The summed E-state index contributed by atoms with van der Waals surface area (Å²) < 4.78 is 0. The Bertz CT molecular complexity index is 315. The van der Waals surface area contributed by atoms with Gasteiger partial charge in [0.15, 0.2) is 0 Å². The average molecular weight is 236 g/mol. The molecule has 2 rings (SSSR count). The van der Waals surface area contributed by atoms with E-state index >= 15 is 0 Å². The molecular formula is C13H20N2S. The average Bonchev–Trinajstić information content (AvgIpc) is 2.73. The van der Waals surface area contributed by atoms with Crippen molar-refractivity contribution >= 4 is 11.8 Å². The van der Waals surface area contributed by atoms with Crippen molar-refractivity contribution in [3.63, 3.8) is 0 Å². The first-order valence-electron chi connectivity index (χ1n) is 6.06. The third kappa shape index (κ3) is 2.59. The number of nitrogens with two attached hydrogens (primary N) is 1. The third-order valence-corrected chi connectivity index (χ3v) is 4.65. The smallest absolute Gasteiger partial charge is 0.0336 e. The molecule has 2 unspecified atom stereocenters. The summed E-state index contributed by atoms with van der Waals surface area (Å²) in [5.74, 6) is 5.66. The van der Waals surface area contributed by atoms with E-state index in [1.807, 2.05) is 11.8 Å². The van der Waals surface area contributed by atoms with Crippen molar-refractivity contribution in [1.82, 2.24) is 5.43 Å². The maximum Gasteiger partial charge on any atom is 0.0336 e. The van der Waals surface area contributed by atoms with Crippen LogP contribution >= 0.6 is 11.8 Å². The van der Waals surface area contributed by atoms with Gasteiger partial charge in [-0.05, 0) is 24.5 Å². The van der Waals surface area contributed by atoms with Gasteiger partial charge in [0.2, 0.25) is 0 Å². The molecule has 0 spiro atoms. The van der Waals surface area contributed by atoms with E-state index in [0.717, 1.165) is 6.42 Å². The van der Waals surface area contributed by atoms with Crippen molar-refractivity contribution in [3.05, 3.63) is 29.8 Å². The van der Waals surface area contributed by atoms with Gasteiger partial charge in [-0.25, -0.2) is 0 Å². The van der Waals surface area contributed by atoms with Gasteiger partial charge < -0.3 is 0 Å². The van der Waals surface area contributed by atoms with E-state index in [4.69, 9.17) is 5.84 Å². The number of nitrogens with one attached hydrogen (secondary N) is 1. The number of benzene rings is 1. The third-order valence-electron chi connectivity index (χ3n) is 3.20. The number of hydrogen-bond acceptors (Lipinski definition) is 3. The fraction of sp³-hybridized carbons (Fsp3) is 0.538. The maximum absolute atomic E-state index is 5.66. The summed E-state index contributed by atoms with van der Waals surface area (Å²) in [7, 11) is 0. The van der Waals surface area contributed by atoms with Crippen molar-refractivity contribution in [2.45, 2.75) is 48.8 Å². The second-order valence-corrected chi connectivity index (χ2v) is 5.66. The zero-order valence-corrected chi connectivity index (χ0v) is 10.6. The molecule has 1 aromatic rings. The molecule has 1 heterocycles. The number of unbranched alkanes of at least 4 members (excludes halogenated alkanes) is 1. The van der Waals surface area contributed by atoms with Crippen LogP contribution in [0.15, 0.2) is 29.2 Å². The van der Waals surface area contributed by atoms with Crippen LogP contribution in [0.3, 0.4) is 0 Å². The summed E-state index contributed by atoms with van der Waals surface area (Å²) in [6.07, 6.45) is 4.82. The van der Waals surface area contributed by atoms with Gasteiger partial charge >= 0.3 is 0 Å². The van der Waals surface area contributed by atoms with Gasteiger partial charge in [0.1, 0.15) is 0 Å². The van der Waals surface area contributed by atoms with Crippen molar-refractivity contribution < 1.29 is 0 Å². The van der Waals surface area contributed by atoms with Crippen molar-refractivity contribution in [2.24, 2.45) is 5.84 Å². The molecule has 0 fully saturated rings. The summed E-state index contributed by atoms with van der Waals surface area (Å²) in [6.45, 7) is 2.23. The second-order valence-electron chi connectivity index (χ2n) is 4.38. The normalized spacial score (nSPS) is 20.8. The fourth-order valence-corrected chi connectivity index (χ4v) is 3.66. The highest BCUT2D eigenvalue weighted by atomic mass is 32.2. The Morgan fingerprint density at radius 1 is 1.50 bits per heavy atom. The molecule has 0 aliphatic carbocycles. The van der Waals surface area contributed by atoms with Crippen LogP contribution in [0.25, 0.3) is 0 Å². The monoisotopic (exact) mass is 236 g/mol. The van der Waals surface area contributed by atoms with E-state index in [-0.39, 0.29) is 0 Å². The van der Waals surface area contributed by atoms with E-state index in [2.05, 4.69) is 36.6 Å². The fourth-order valence-electron chi connectivity index (χ4n) is 2.23. The largest absolute Gasteiger partial charge is 0.271 e. The molecule has 1 aliphatic heterocycles. The summed E-state index contributed by atoms with van der Waals surface area (Å²) >= 11 is 1.98. The summed E-state index contributed by atoms with van der Waals surface area (Å²) in [4.78, 5) is 1.43. The Labute approximate surface area is 102 Å². The number of fused-ring (bicyclic) bond motifs is 1. The first kappa shape index (κ1) is 12.0. The zero-order chi connectivity index (χ0) is 11.4. The van der Waals surface area contributed by atoms with E-state index in [0.29, 0.717) is 11.3 Å². The number of thioether (sulfide) groups is 1. The van der Waals surface area contributed by atoms with Crippen LogP contribution in [0, 0.1) is 0 Å². The molecular weight excluding hydrogens is 216 g/mol. The lowest BCUT2D eigenvalue weighted by atomic mass is 10.0. The molecule has 0 saturated carbocycles. The minimum Gasteiger partial charge on any atom is -0.271 e. The summed E-state index contributed by atoms with van der Waals surface area (Å²) in [5, 5.41) is 0.606. The molecule has 16 heavy (non-hydrogen) atoms. The molecule has 3 heteroatoms. The van der Waals surface area contributed by atoms with Crippen molar-refractivity contribution in [2.75, 3.05) is 0 Å². The van der Waals surface area contributed by atoms with Crippen LogP contribution in [0.4, 0.5) is 0 Å². The molecule has 2 nitrogen and oxygen atoms in total. The van der Waals surface area contributed by atoms with E-state index < -0.39 is 0 Å². The van der Waals surface area contributed by atoms with Crippen molar-refractivity contribution in [1.29, 1.82) is 0 Å². The lowest BCUT2D eigenvalue weighted by molar-refractivity contribution is 0.462. The van der Waals surface area contributed by atoms with Crippen LogP contribution in [0.5, 0.6) is 0 Å². The molecule has 0 saturated heterocycles. The van der Waals surface area contributed by atoms with E-state index in [9.17, 15) is 0 Å². The molecule has 1 aliphatic rings. The van der Waals surface area contributed by atoms with Gasteiger partial charge in [-0.1, -0.05) is 38.0 Å². The summed E-state index contributed by atoms with van der Waals surface area (Å²) in [6, 6.07) is 9.13. The first-order valence-corrected chi connectivity index (χ1v) is 6.93. The maximum atomic E-state index is 5.66. The SMILES string of the molecule is CCCCC(NN)C1Cc2ccccc2S1. The second kappa shape index (κ2) is 5.71. The lowest BCUT2D eigenvalue weighted by Crippen LogP contribution is -2.42. The molecule has 2 atom stereocenters. The highest BCUT2D eigenvalue weighted by Crippen LogP contribution is 2.38. The standard InChI is InChI=1S/C13H20N2S/c1-2-3-7-11(15-14)13-9-10-6-4-5-8-12(10)16-13/h4-6,8,11,13,15H,2-3,7,9,14H2,1H3. The van der Waals surface area contributed by atoms with Crippen molar-refractivity contribution in [3.8, 4) is 0 Å². The van der Waals surface area contributed by atoms with Gasteiger partial charge in [0.25, 0.3) is 0 Å². The Balaban J connectivity index is 1.98. The molecule has 0 aromatic heterocycles. The quantitative estimate of drug-likeness (QED) is 0.610. The molecule has 0 radical (unpaired) electrons. The summed E-state index contributed by atoms with van der Waals surface area (Å²) in [5.41, 5.74) is 4.47. The predicted octanol–water partition coefficient (Wildman–Crippen LogP) is 2.73. The van der Waals surface area contributed by atoms with Crippen LogP contribution in [0.2, 0.25) is 0 Å². The molecule has 88 valence electrons. The van der Waals surface area contributed by atoms with Crippen LogP contribution in [0.1, 0.15) is 31.7 Å².